The molecule has 33 heavy (non-hydrogen) atoms. The third kappa shape index (κ3) is 3.12. The Bertz CT molecular complexity index is 1320. The number of aryl methyl sites for hydroxylation is 1. The van der Waals surface area contributed by atoms with E-state index in [0.29, 0.717) is 23.4 Å². The molecule has 5 heterocycles. The smallest absolute Gasteiger partial charge is 0.237 e. The van der Waals surface area contributed by atoms with Crippen molar-refractivity contribution in [3.8, 4) is 23.0 Å². The molecule has 0 amide bonds. The van der Waals surface area contributed by atoms with E-state index in [1.54, 1.807) is 23.2 Å². The molecule has 0 N–H and O–H groups in total. The molecule has 6 rings (SSSR count). The van der Waals surface area contributed by atoms with Crippen molar-refractivity contribution >= 4 is 5.82 Å². The topological polar surface area (TPSA) is 90.4 Å². The van der Waals surface area contributed by atoms with Crippen LogP contribution in [0.5, 0.6) is 0 Å². The lowest BCUT2D eigenvalue weighted by molar-refractivity contribution is 0.467. The summed E-state index contributed by atoms with van der Waals surface area (Å²) < 4.78 is 17.7. The van der Waals surface area contributed by atoms with E-state index in [4.69, 9.17) is 4.98 Å². The van der Waals surface area contributed by atoms with E-state index in [1.165, 1.54) is 25.1 Å². The first-order chi connectivity index (χ1) is 16.2. The molecule has 0 saturated heterocycles. The lowest BCUT2D eigenvalue weighted by Crippen LogP contribution is -2.42. The highest BCUT2D eigenvalue weighted by atomic mass is 19.1. The second kappa shape index (κ2) is 7.72. The number of nitrogens with zero attached hydrogens (tertiary/aromatic N) is 9. The van der Waals surface area contributed by atoms with Crippen LogP contribution in [0.4, 0.5) is 10.2 Å². The number of imidazole rings is 1. The maximum Gasteiger partial charge on any atom is 0.237 e. The van der Waals surface area contributed by atoms with Gasteiger partial charge in [-0.2, -0.15) is 4.98 Å². The molecule has 9 nitrogen and oxygen atoms in total. The van der Waals surface area contributed by atoms with Crippen LogP contribution in [0.3, 0.4) is 0 Å². The molecule has 1 atom stereocenters. The quantitative estimate of drug-likeness (QED) is 0.469. The van der Waals surface area contributed by atoms with Gasteiger partial charge in [0.05, 0.1) is 18.4 Å². The molecule has 0 bridgehead atoms. The Balaban J connectivity index is 1.53. The van der Waals surface area contributed by atoms with Gasteiger partial charge in [0.1, 0.15) is 23.2 Å². The van der Waals surface area contributed by atoms with Crippen LogP contribution in [0.2, 0.25) is 0 Å². The molecule has 4 aromatic heterocycles. The van der Waals surface area contributed by atoms with Crippen LogP contribution >= 0.6 is 0 Å². The summed E-state index contributed by atoms with van der Waals surface area (Å²) in [6.45, 7) is 4.13. The van der Waals surface area contributed by atoms with Crippen molar-refractivity contribution in [2.45, 2.75) is 58.0 Å². The van der Waals surface area contributed by atoms with Crippen LogP contribution < -0.4 is 4.90 Å². The Morgan fingerprint density at radius 3 is 2.73 bits per heavy atom. The fourth-order valence-corrected chi connectivity index (χ4v) is 5.19. The van der Waals surface area contributed by atoms with Gasteiger partial charge in [-0.15, -0.1) is 10.2 Å². The molecule has 0 unspecified atom stereocenters. The summed E-state index contributed by atoms with van der Waals surface area (Å²) in [5.41, 5.74) is 1.46. The van der Waals surface area contributed by atoms with Crippen LogP contribution in [-0.2, 0) is 0 Å². The van der Waals surface area contributed by atoms with Crippen LogP contribution in [-0.4, -0.2) is 45.3 Å². The van der Waals surface area contributed by atoms with Crippen molar-refractivity contribution in [1.82, 2.24) is 39.3 Å². The third-order valence-corrected chi connectivity index (χ3v) is 6.63. The van der Waals surface area contributed by atoms with Crippen molar-refractivity contribution in [2.75, 3.05) is 4.90 Å². The average molecular weight is 446 g/mol. The number of anilines is 1. The van der Waals surface area contributed by atoms with Crippen molar-refractivity contribution in [3.63, 3.8) is 0 Å². The second-order valence-electron chi connectivity index (χ2n) is 8.60. The van der Waals surface area contributed by atoms with Crippen molar-refractivity contribution in [1.29, 1.82) is 0 Å². The highest BCUT2D eigenvalue weighted by Crippen LogP contribution is 2.43. The van der Waals surface area contributed by atoms with E-state index in [0.717, 1.165) is 42.4 Å². The molecule has 1 aliphatic heterocycles. The predicted molar refractivity (Wildman–Crippen MR) is 120 cm³/mol. The number of hydrogen-bond donors (Lipinski definition) is 0. The minimum atomic E-state index is -0.415. The highest BCUT2D eigenvalue weighted by molar-refractivity contribution is 5.64. The number of aromatic nitrogens is 8. The molecule has 2 aliphatic rings. The predicted octanol–water partition coefficient (Wildman–Crippen LogP) is 3.97. The Hall–Kier alpha value is -3.69. The number of halogens is 1. The summed E-state index contributed by atoms with van der Waals surface area (Å²) >= 11 is 0. The van der Waals surface area contributed by atoms with E-state index >= 15 is 0 Å². The highest BCUT2D eigenvalue weighted by Gasteiger charge is 2.39. The summed E-state index contributed by atoms with van der Waals surface area (Å²) in [4.78, 5) is 20.5. The van der Waals surface area contributed by atoms with Crippen LogP contribution in [0.15, 0.2) is 37.1 Å². The Morgan fingerprint density at radius 1 is 1.09 bits per heavy atom. The van der Waals surface area contributed by atoms with Gasteiger partial charge in [-0.1, -0.05) is 19.8 Å². The molecule has 4 aromatic rings. The summed E-state index contributed by atoms with van der Waals surface area (Å²) in [6.07, 6.45) is 13.6. The number of pyridine rings is 1. The Labute approximate surface area is 190 Å². The van der Waals surface area contributed by atoms with Crippen LogP contribution in [0.1, 0.15) is 56.7 Å². The van der Waals surface area contributed by atoms with E-state index in [-0.39, 0.29) is 6.04 Å². The van der Waals surface area contributed by atoms with Gasteiger partial charge in [-0.05, 0) is 32.3 Å². The minimum absolute atomic E-state index is 0.0965. The monoisotopic (exact) mass is 445 g/mol. The summed E-state index contributed by atoms with van der Waals surface area (Å²) in [5, 5.41) is 8.89. The van der Waals surface area contributed by atoms with Crippen LogP contribution in [0.25, 0.3) is 23.0 Å². The number of rotatable bonds is 4. The van der Waals surface area contributed by atoms with E-state index in [2.05, 4.69) is 41.5 Å². The molecule has 168 valence electrons. The number of hydrogen-bond acceptors (Lipinski definition) is 7. The standard InChI is InChI=1S/C23H24FN9/c1-3-18-22-30-29-14(2)32(22)19-13-27-23(28-21(19)33(18)17-6-4-5-7-17)31-9-8-26-20(31)15-10-16(24)12-25-11-15/h8-13,17-18H,3-7H2,1-2H3/t18-/m1/s1. The van der Waals surface area contributed by atoms with Crippen LogP contribution in [0, 0.1) is 12.7 Å². The lowest BCUT2D eigenvalue weighted by Gasteiger charge is -2.41. The minimum Gasteiger partial charge on any atom is -0.341 e. The largest absolute Gasteiger partial charge is 0.341 e. The van der Waals surface area contributed by atoms with E-state index in [9.17, 15) is 4.39 Å². The SMILES string of the molecule is CC[C@@H]1c2nnc(C)n2-c2cnc(-n3ccnc3-c3cncc(F)c3)nc2N1C1CCCC1. The van der Waals surface area contributed by atoms with Crippen molar-refractivity contribution in [3.05, 3.63) is 54.5 Å². The maximum atomic E-state index is 13.8. The van der Waals surface area contributed by atoms with Gasteiger partial charge in [0.2, 0.25) is 5.95 Å². The molecular formula is C23H24FN9. The summed E-state index contributed by atoms with van der Waals surface area (Å²) in [6, 6.07) is 1.91. The molecule has 10 heteroatoms. The lowest BCUT2D eigenvalue weighted by atomic mass is 10.0. The molecule has 1 fully saturated rings. The molecule has 0 aromatic carbocycles. The van der Waals surface area contributed by atoms with Crippen molar-refractivity contribution < 1.29 is 4.39 Å². The van der Waals surface area contributed by atoms with Gasteiger partial charge >= 0.3 is 0 Å². The first-order valence-corrected chi connectivity index (χ1v) is 11.4. The average Bonchev–Trinajstić information content (AvgIpc) is 3.59. The maximum absolute atomic E-state index is 13.8. The first kappa shape index (κ1) is 20.0. The van der Waals surface area contributed by atoms with Gasteiger partial charge in [0, 0.05) is 30.2 Å². The third-order valence-electron chi connectivity index (χ3n) is 6.63. The van der Waals surface area contributed by atoms with Gasteiger partial charge in [-0.25, -0.2) is 14.4 Å². The molecule has 1 saturated carbocycles. The zero-order chi connectivity index (χ0) is 22.5. The molecule has 1 aliphatic carbocycles. The zero-order valence-corrected chi connectivity index (χ0v) is 18.6. The van der Waals surface area contributed by atoms with E-state index in [1.807, 2.05) is 13.1 Å². The van der Waals surface area contributed by atoms with Gasteiger partial charge in [-0.3, -0.25) is 14.1 Å². The summed E-state index contributed by atoms with van der Waals surface area (Å²) in [5.74, 6) is 3.26. The van der Waals surface area contributed by atoms with E-state index < -0.39 is 5.82 Å². The summed E-state index contributed by atoms with van der Waals surface area (Å²) in [7, 11) is 0. The fraction of sp³-hybridized carbons (Fsp3) is 0.391. The van der Waals surface area contributed by atoms with Gasteiger partial charge in [0.15, 0.2) is 11.6 Å². The van der Waals surface area contributed by atoms with Crippen molar-refractivity contribution in [2.24, 2.45) is 0 Å². The Kier molecular flexibility index (Phi) is 4.67. The molecule has 0 spiro atoms. The normalized spacial score (nSPS) is 17.9. The van der Waals surface area contributed by atoms with Gasteiger partial charge < -0.3 is 4.90 Å². The second-order valence-corrected chi connectivity index (χ2v) is 8.60. The van der Waals surface area contributed by atoms with Gasteiger partial charge in [0.25, 0.3) is 0 Å². The molecule has 0 radical (unpaired) electrons. The Morgan fingerprint density at radius 2 is 1.94 bits per heavy atom. The number of fused-ring (bicyclic) bond motifs is 3. The molecular weight excluding hydrogens is 421 g/mol. The first-order valence-electron chi connectivity index (χ1n) is 11.4. The fourth-order valence-electron chi connectivity index (χ4n) is 5.19. The zero-order valence-electron chi connectivity index (χ0n) is 18.6.